The zero-order chi connectivity index (χ0) is 12.1. The molecule has 4 nitrogen and oxygen atoms in total. The monoisotopic (exact) mass is 253 g/mol. The third-order valence-corrected chi connectivity index (χ3v) is 4.18. The van der Waals surface area contributed by atoms with Crippen LogP contribution in [0.3, 0.4) is 0 Å². The van der Waals surface area contributed by atoms with E-state index in [9.17, 15) is 0 Å². The van der Waals surface area contributed by atoms with Crippen molar-refractivity contribution in [2.75, 3.05) is 6.54 Å². The number of hydrogen-bond donors (Lipinski definition) is 3. The number of aryl methyl sites for hydroxylation is 1. The smallest absolute Gasteiger partial charge is 0.139 e. The molecule has 0 aliphatic heterocycles. The Morgan fingerprint density at radius 3 is 3.35 bits per heavy atom. The number of nitrogens with zero attached hydrogens (tertiary/aromatic N) is 1. The van der Waals surface area contributed by atoms with E-state index in [2.05, 4.69) is 21.9 Å². The van der Waals surface area contributed by atoms with Crippen LogP contribution in [0.1, 0.15) is 42.2 Å². The maximum atomic E-state index is 8.43. The highest BCUT2D eigenvalue weighted by Crippen LogP contribution is 2.33. The van der Waals surface area contributed by atoms with E-state index in [-0.39, 0.29) is 0 Å². The van der Waals surface area contributed by atoms with Gasteiger partial charge in [0.25, 0.3) is 0 Å². The minimum Gasteiger partial charge on any atom is -0.409 e. The van der Waals surface area contributed by atoms with Crippen LogP contribution in [0.4, 0.5) is 0 Å². The molecular weight excluding hydrogens is 234 g/mol. The normalized spacial score (nSPS) is 20.2. The van der Waals surface area contributed by atoms with Crippen molar-refractivity contribution in [3.8, 4) is 0 Å². The molecule has 1 atom stereocenters. The molecule has 0 aromatic carbocycles. The molecule has 1 aromatic heterocycles. The van der Waals surface area contributed by atoms with Crippen molar-refractivity contribution in [3.05, 3.63) is 21.9 Å². The van der Waals surface area contributed by atoms with Crippen LogP contribution in [0.5, 0.6) is 0 Å². The molecular formula is C12H19N3OS. The molecule has 0 saturated heterocycles. The first-order valence-electron chi connectivity index (χ1n) is 6.07. The van der Waals surface area contributed by atoms with Gasteiger partial charge in [-0.2, -0.15) is 0 Å². The lowest BCUT2D eigenvalue weighted by atomic mass is 9.94. The van der Waals surface area contributed by atoms with Crippen LogP contribution in [-0.2, 0) is 6.42 Å². The summed E-state index contributed by atoms with van der Waals surface area (Å²) in [4.78, 5) is 1.53. The third kappa shape index (κ3) is 3.20. The number of fused-ring (bicyclic) bond motifs is 1. The molecule has 17 heavy (non-hydrogen) atoms. The van der Waals surface area contributed by atoms with Crippen molar-refractivity contribution in [1.29, 1.82) is 0 Å². The molecule has 1 aromatic rings. The van der Waals surface area contributed by atoms with Crippen LogP contribution in [0, 0.1) is 0 Å². The van der Waals surface area contributed by atoms with Gasteiger partial charge in [-0.25, -0.2) is 0 Å². The minimum absolute atomic E-state index is 0.312. The van der Waals surface area contributed by atoms with Crippen molar-refractivity contribution in [1.82, 2.24) is 5.32 Å². The lowest BCUT2D eigenvalue weighted by Gasteiger charge is -2.23. The minimum atomic E-state index is 0.312. The van der Waals surface area contributed by atoms with Gasteiger partial charge in [0.15, 0.2) is 0 Å². The summed E-state index contributed by atoms with van der Waals surface area (Å²) in [5, 5.41) is 17.1. The number of hydrogen-bond acceptors (Lipinski definition) is 4. The van der Waals surface area contributed by atoms with Crippen molar-refractivity contribution in [2.24, 2.45) is 10.9 Å². The molecule has 4 N–H and O–H groups in total. The fourth-order valence-electron chi connectivity index (χ4n) is 2.29. The van der Waals surface area contributed by atoms with Gasteiger partial charge in [-0.3, -0.25) is 0 Å². The summed E-state index contributed by atoms with van der Waals surface area (Å²) in [6.07, 6.45) is 5.27. The Labute approximate surface area is 106 Å². The summed E-state index contributed by atoms with van der Waals surface area (Å²) in [6, 6.07) is 2.73. The summed E-state index contributed by atoms with van der Waals surface area (Å²) >= 11 is 1.86. The number of nitrogens with one attached hydrogen (secondary N) is 1. The number of thiophene rings is 1. The van der Waals surface area contributed by atoms with Crippen LogP contribution in [0.2, 0.25) is 0 Å². The second-order valence-electron chi connectivity index (χ2n) is 4.39. The van der Waals surface area contributed by atoms with E-state index in [0.717, 1.165) is 13.0 Å². The van der Waals surface area contributed by atoms with Gasteiger partial charge in [0.1, 0.15) is 5.84 Å². The van der Waals surface area contributed by atoms with Crippen LogP contribution in [0.15, 0.2) is 16.6 Å². The Morgan fingerprint density at radius 2 is 2.53 bits per heavy atom. The molecule has 1 aliphatic rings. The van der Waals surface area contributed by atoms with Crippen LogP contribution in [0.25, 0.3) is 0 Å². The molecule has 2 rings (SSSR count). The molecule has 0 bridgehead atoms. The summed E-state index contributed by atoms with van der Waals surface area (Å²) < 4.78 is 0. The molecule has 0 saturated carbocycles. The Morgan fingerprint density at radius 1 is 1.65 bits per heavy atom. The van der Waals surface area contributed by atoms with Gasteiger partial charge in [-0.05, 0) is 49.2 Å². The Balaban J connectivity index is 1.78. The van der Waals surface area contributed by atoms with Gasteiger partial charge in [-0.15, -0.1) is 11.3 Å². The number of amidine groups is 1. The SMILES string of the molecule is NC(CCCNC1CCCc2sccc21)=NO. The maximum Gasteiger partial charge on any atom is 0.139 e. The standard InChI is InChI=1S/C12H19N3OS/c13-12(15-16)5-2-7-14-10-3-1-4-11-9(10)6-8-17-11/h6,8,10,14,16H,1-5,7H2,(H2,13,15). The van der Waals surface area contributed by atoms with E-state index in [1.807, 2.05) is 11.3 Å². The number of nitrogens with two attached hydrogens (primary N) is 1. The highest BCUT2D eigenvalue weighted by molar-refractivity contribution is 7.10. The number of oxime groups is 1. The van der Waals surface area contributed by atoms with Crippen LogP contribution >= 0.6 is 11.3 Å². The fourth-order valence-corrected chi connectivity index (χ4v) is 3.28. The molecule has 0 radical (unpaired) electrons. The Hall–Kier alpha value is -1.07. The van der Waals surface area contributed by atoms with Crippen molar-refractivity contribution >= 4 is 17.2 Å². The number of rotatable bonds is 5. The summed E-state index contributed by atoms with van der Waals surface area (Å²) in [5.74, 6) is 0.312. The Kier molecular flexibility index (Phi) is 4.39. The van der Waals surface area contributed by atoms with E-state index >= 15 is 0 Å². The van der Waals surface area contributed by atoms with Gasteiger partial charge in [0.2, 0.25) is 0 Å². The predicted molar refractivity (Wildman–Crippen MR) is 70.6 cm³/mol. The van der Waals surface area contributed by atoms with Crippen molar-refractivity contribution in [2.45, 2.75) is 38.1 Å². The van der Waals surface area contributed by atoms with Crippen molar-refractivity contribution < 1.29 is 5.21 Å². The Bertz CT molecular complexity index is 389. The first kappa shape index (κ1) is 12.4. The van der Waals surface area contributed by atoms with E-state index in [4.69, 9.17) is 10.9 Å². The first-order chi connectivity index (χ1) is 8.31. The quantitative estimate of drug-likeness (QED) is 0.248. The molecule has 0 spiro atoms. The lowest BCUT2D eigenvalue weighted by molar-refractivity contribution is 0.316. The second kappa shape index (κ2) is 6.02. The van der Waals surface area contributed by atoms with E-state index in [0.29, 0.717) is 18.3 Å². The lowest BCUT2D eigenvalue weighted by Crippen LogP contribution is -2.26. The average Bonchev–Trinajstić information content (AvgIpc) is 2.83. The van der Waals surface area contributed by atoms with Gasteiger partial charge in [-0.1, -0.05) is 5.16 Å². The molecule has 5 heteroatoms. The van der Waals surface area contributed by atoms with Crippen molar-refractivity contribution in [3.63, 3.8) is 0 Å². The molecule has 94 valence electrons. The summed E-state index contributed by atoms with van der Waals surface area (Å²) in [6.45, 7) is 0.913. The molecule has 0 fully saturated rings. The maximum absolute atomic E-state index is 8.43. The summed E-state index contributed by atoms with van der Waals surface area (Å²) in [7, 11) is 0. The first-order valence-corrected chi connectivity index (χ1v) is 6.95. The van der Waals surface area contributed by atoms with Gasteiger partial charge in [0.05, 0.1) is 0 Å². The fraction of sp³-hybridized carbons (Fsp3) is 0.583. The zero-order valence-corrected chi connectivity index (χ0v) is 10.7. The zero-order valence-electron chi connectivity index (χ0n) is 9.85. The van der Waals surface area contributed by atoms with Gasteiger partial charge in [0, 0.05) is 17.3 Å². The van der Waals surface area contributed by atoms with Crippen LogP contribution < -0.4 is 11.1 Å². The highest BCUT2D eigenvalue weighted by atomic mass is 32.1. The van der Waals surface area contributed by atoms with Crippen LogP contribution in [-0.4, -0.2) is 17.6 Å². The third-order valence-electron chi connectivity index (χ3n) is 3.18. The van der Waals surface area contributed by atoms with Gasteiger partial charge < -0.3 is 16.3 Å². The van der Waals surface area contributed by atoms with E-state index in [1.165, 1.54) is 29.7 Å². The average molecular weight is 253 g/mol. The predicted octanol–water partition coefficient (Wildman–Crippen LogP) is 2.24. The van der Waals surface area contributed by atoms with E-state index in [1.54, 1.807) is 0 Å². The largest absolute Gasteiger partial charge is 0.409 e. The molecule has 1 unspecified atom stereocenters. The highest BCUT2D eigenvalue weighted by Gasteiger charge is 2.20. The van der Waals surface area contributed by atoms with E-state index < -0.39 is 0 Å². The molecule has 0 amide bonds. The molecule has 1 aliphatic carbocycles. The molecule has 1 heterocycles. The second-order valence-corrected chi connectivity index (χ2v) is 5.39. The topological polar surface area (TPSA) is 70.6 Å². The van der Waals surface area contributed by atoms with Gasteiger partial charge >= 0.3 is 0 Å². The summed E-state index contributed by atoms with van der Waals surface area (Å²) in [5.41, 5.74) is 6.90.